The molecule has 322 valence electrons. The number of hydrogen-bond acceptors (Lipinski definition) is 15. The fraction of sp³-hybridized carbons (Fsp3) is 0.976. The van der Waals surface area contributed by atoms with Gasteiger partial charge in [0.25, 0.3) is 0 Å². The first kappa shape index (κ1) is 43.2. The predicted molar refractivity (Wildman–Crippen MR) is 196 cm³/mol. The van der Waals surface area contributed by atoms with Gasteiger partial charge in [-0.2, -0.15) is 0 Å². The van der Waals surface area contributed by atoms with E-state index >= 15 is 0 Å². The van der Waals surface area contributed by atoms with Crippen molar-refractivity contribution in [2.24, 2.45) is 45.8 Å². The third-order valence-electron chi connectivity index (χ3n) is 16.4. The van der Waals surface area contributed by atoms with E-state index in [4.69, 9.17) is 23.7 Å². The number of carbonyl (C=O) groups excluding carboxylic acids is 1. The zero-order chi connectivity index (χ0) is 41.1. The Labute approximate surface area is 329 Å². The van der Waals surface area contributed by atoms with Crippen molar-refractivity contribution < 1.29 is 74.4 Å². The molecule has 5 aliphatic carbocycles. The topological polar surface area (TPSA) is 245 Å². The van der Waals surface area contributed by atoms with Crippen LogP contribution in [0.1, 0.15) is 99.8 Å². The molecule has 0 aromatic rings. The van der Waals surface area contributed by atoms with Gasteiger partial charge >= 0.3 is 0 Å². The van der Waals surface area contributed by atoms with Gasteiger partial charge in [0.05, 0.1) is 60.5 Å². The molecule has 5 saturated carbocycles. The van der Waals surface area contributed by atoms with Crippen LogP contribution >= 0.6 is 0 Å². The highest BCUT2D eigenvalue weighted by Crippen LogP contribution is 2.74. The zero-order valence-corrected chi connectivity index (χ0v) is 34.0. The Morgan fingerprint density at radius 3 is 2.20 bits per heavy atom. The standard InChI is InChI=1S/C41H68O15/c1-36(2)25(44)9-11-38(5)24-14-21(43)28-20(40(7)12-10-26(56-40)37(3,4)51)8-13-41(28,53-17-19-29(46)30(19)47)39(24,6)15-22(34(36)38)54-27(45)18-52-35-33(50)32(49)31(48)23(16-42)55-35/h19-24,26-35,42-43,45-51H,8-18H2,1-7H3/t19?,20?,21-,22+,23?,24?,26-,27-,28?,29?,30?,31?,32?,33?,34?,35?,38-,39-,40+,41+/m1/s1. The number of ether oxygens (including phenoxy) is 5. The van der Waals surface area contributed by atoms with Gasteiger partial charge in [0, 0.05) is 35.0 Å². The van der Waals surface area contributed by atoms with Gasteiger partial charge in [-0.15, -0.1) is 0 Å². The minimum Gasteiger partial charge on any atom is -0.394 e. The predicted octanol–water partition coefficient (Wildman–Crippen LogP) is 0.151. The number of aliphatic hydroxyl groups is 9. The van der Waals surface area contributed by atoms with Crippen molar-refractivity contribution in [1.82, 2.24) is 0 Å². The lowest BCUT2D eigenvalue weighted by Gasteiger charge is -2.71. The summed E-state index contributed by atoms with van der Waals surface area (Å²) in [5.41, 5.74) is -4.88. The van der Waals surface area contributed by atoms with Crippen molar-refractivity contribution in [2.75, 3.05) is 19.8 Å². The molecule has 0 spiro atoms. The third-order valence-corrected chi connectivity index (χ3v) is 16.4. The number of rotatable bonds is 11. The van der Waals surface area contributed by atoms with E-state index in [2.05, 4.69) is 20.8 Å². The Kier molecular flexibility index (Phi) is 11.3. The fourth-order valence-electron chi connectivity index (χ4n) is 13.4. The average molecular weight is 801 g/mol. The molecule has 7 aliphatic rings. The van der Waals surface area contributed by atoms with Crippen molar-refractivity contribution in [1.29, 1.82) is 0 Å². The highest BCUT2D eigenvalue weighted by Gasteiger charge is 2.76. The summed E-state index contributed by atoms with van der Waals surface area (Å²) in [6.07, 6.45) is -8.67. The monoisotopic (exact) mass is 800 g/mol. The van der Waals surface area contributed by atoms with Crippen molar-refractivity contribution in [3.05, 3.63) is 0 Å². The molecule has 9 N–H and O–H groups in total. The Balaban J connectivity index is 1.23. The lowest BCUT2D eigenvalue weighted by Crippen LogP contribution is -2.73. The van der Waals surface area contributed by atoms with Crippen LogP contribution in [0.5, 0.6) is 0 Å². The molecule has 2 aliphatic heterocycles. The molecule has 0 radical (unpaired) electrons. The minimum absolute atomic E-state index is 0.0785. The Bertz CT molecular complexity index is 1450. The molecule has 2 saturated heterocycles. The number of hydrogen-bond donors (Lipinski definition) is 9. The molecule has 15 nitrogen and oxygen atoms in total. The molecule has 2 heterocycles. The van der Waals surface area contributed by atoms with Crippen LogP contribution in [-0.4, -0.2) is 156 Å². The lowest BCUT2D eigenvalue weighted by atomic mass is 9.36. The summed E-state index contributed by atoms with van der Waals surface area (Å²) in [4.78, 5) is 13.7. The normalized spacial score (nSPS) is 53.3. The molecule has 7 rings (SSSR count). The first-order chi connectivity index (χ1) is 26.0. The van der Waals surface area contributed by atoms with Crippen molar-refractivity contribution >= 4 is 5.78 Å². The molecule has 15 heteroatoms. The summed E-state index contributed by atoms with van der Waals surface area (Å²) in [7, 11) is 0. The van der Waals surface area contributed by atoms with E-state index in [1.54, 1.807) is 13.8 Å². The molecule has 0 bridgehead atoms. The Hall–Kier alpha value is -0.890. The highest BCUT2D eigenvalue weighted by molar-refractivity contribution is 5.85. The van der Waals surface area contributed by atoms with E-state index in [1.165, 1.54) is 0 Å². The smallest absolute Gasteiger partial charge is 0.186 e. The number of fused-ring (bicyclic) bond motifs is 5. The summed E-state index contributed by atoms with van der Waals surface area (Å²) in [5.74, 6) is -1.52. The van der Waals surface area contributed by atoms with Gasteiger partial charge in [-0.05, 0) is 83.0 Å². The average Bonchev–Trinajstić information content (AvgIpc) is 3.44. The largest absolute Gasteiger partial charge is 0.394 e. The summed E-state index contributed by atoms with van der Waals surface area (Å²) in [6.45, 7) is 12.7. The number of aliphatic hydroxyl groups excluding tert-OH is 8. The van der Waals surface area contributed by atoms with Crippen LogP contribution < -0.4 is 0 Å². The SMILES string of the molecule is CC1(C)C(=O)CC[C@@]2(C)C1[C@@H](O[C@@H](O)COC1OC(CO)C(O)C(O)C1O)C[C@]1(C)C2C[C@@H](O)C2C([C@]3(C)CC[C@H](C(C)(C)O)O3)CC[C@]21OCC1C(O)C1O. The maximum Gasteiger partial charge on any atom is 0.186 e. The van der Waals surface area contributed by atoms with Crippen molar-refractivity contribution in [2.45, 2.75) is 184 Å². The maximum absolute atomic E-state index is 13.7. The second-order valence-corrected chi connectivity index (χ2v) is 20.4. The van der Waals surface area contributed by atoms with Gasteiger partial charge in [0.1, 0.15) is 36.8 Å². The van der Waals surface area contributed by atoms with E-state index < -0.39 is 125 Å². The lowest BCUT2D eigenvalue weighted by molar-refractivity contribution is -0.330. The minimum atomic E-state index is -1.67. The van der Waals surface area contributed by atoms with Crippen LogP contribution in [0.4, 0.5) is 0 Å². The molecule has 19 atom stereocenters. The van der Waals surface area contributed by atoms with Crippen molar-refractivity contribution in [3.8, 4) is 0 Å². The molecule has 56 heavy (non-hydrogen) atoms. The number of Topliss-reactive ketones (excluding diaryl/α,β-unsaturated/α-hetero) is 1. The second kappa shape index (κ2) is 14.6. The van der Waals surface area contributed by atoms with E-state index in [1.807, 2.05) is 13.8 Å². The zero-order valence-electron chi connectivity index (χ0n) is 34.0. The molecule has 0 aromatic carbocycles. The van der Waals surface area contributed by atoms with E-state index in [0.717, 1.165) is 0 Å². The molecule has 0 aromatic heterocycles. The van der Waals surface area contributed by atoms with Crippen LogP contribution in [0, 0.1) is 45.8 Å². The van der Waals surface area contributed by atoms with Crippen LogP contribution in [0.15, 0.2) is 0 Å². The van der Waals surface area contributed by atoms with Crippen LogP contribution in [0.3, 0.4) is 0 Å². The first-order valence-corrected chi connectivity index (χ1v) is 20.8. The molecule has 0 amide bonds. The van der Waals surface area contributed by atoms with Gasteiger partial charge in [-0.1, -0.05) is 27.7 Å². The number of ketones is 1. The molecular weight excluding hydrogens is 732 g/mol. The van der Waals surface area contributed by atoms with E-state index in [9.17, 15) is 50.8 Å². The Morgan fingerprint density at radius 2 is 1.59 bits per heavy atom. The highest BCUT2D eigenvalue weighted by atomic mass is 16.7. The second-order valence-electron chi connectivity index (χ2n) is 20.4. The summed E-state index contributed by atoms with van der Waals surface area (Å²) < 4.78 is 31.6. The maximum atomic E-state index is 13.7. The molecular formula is C41H68O15. The fourth-order valence-corrected chi connectivity index (χ4v) is 13.4. The Morgan fingerprint density at radius 1 is 0.911 bits per heavy atom. The van der Waals surface area contributed by atoms with Crippen LogP contribution in [0.25, 0.3) is 0 Å². The van der Waals surface area contributed by atoms with Gasteiger partial charge in [0.2, 0.25) is 0 Å². The quantitative estimate of drug-likeness (QED) is 0.126. The number of carbonyl (C=O) groups is 1. The van der Waals surface area contributed by atoms with Gasteiger partial charge < -0.3 is 69.6 Å². The first-order valence-electron chi connectivity index (χ1n) is 20.8. The summed E-state index contributed by atoms with van der Waals surface area (Å²) in [6, 6.07) is 0. The van der Waals surface area contributed by atoms with Gasteiger partial charge in [-0.25, -0.2) is 0 Å². The van der Waals surface area contributed by atoms with E-state index in [-0.39, 0.29) is 30.3 Å². The van der Waals surface area contributed by atoms with Gasteiger partial charge in [-0.3, -0.25) is 4.79 Å². The molecule has 7 fully saturated rings. The summed E-state index contributed by atoms with van der Waals surface area (Å²) in [5, 5.41) is 96.5. The van der Waals surface area contributed by atoms with Crippen LogP contribution in [-0.2, 0) is 28.5 Å². The summed E-state index contributed by atoms with van der Waals surface area (Å²) >= 11 is 0. The third kappa shape index (κ3) is 6.66. The molecule has 11 unspecified atom stereocenters. The van der Waals surface area contributed by atoms with E-state index in [0.29, 0.717) is 51.4 Å². The van der Waals surface area contributed by atoms with Gasteiger partial charge in [0.15, 0.2) is 12.6 Å². The van der Waals surface area contributed by atoms with Crippen molar-refractivity contribution in [3.63, 3.8) is 0 Å². The van der Waals surface area contributed by atoms with Crippen LogP contribution in [0.2, 0.25) is 0 Å².